The monoisotopic (exact) mass is 329 g/mol. The molecule has 2 fully saturated rings. The Hall–Kier alpha value is -1.35. The predicted octanol–water partition coefficient (Wildman–Crippen LogP) is 4.16. The van der Waals surface area contributed by atoms with E-state index in [0.717, 1.165) is 25.9 Å². The quantitative estimate of drug-likeness (QED) is 0.830. The number of hydrogen-bond donors (Lipinski definition) is 0. The molecule has 2 atom stereocenters. The third-order valence-corrected chi connectivity index (χ3v) is 6.22. The van der Waals surface area contributed by atoms with Crippen LogP contribution in [0.3, 0.4) is 0 Å². The second-order valence-corrected chi connectivity index (χ2v) is 8.32. The van der Waals surface area contributed by atoms with Gasteiger partial charge in [0.2, 0.25) is 5.91 Å². The molecule has 3 nitrogen and oxygen atoms in total. The molecule has 3 rings (SSSR count). The van der Waals surface area contributed by atoms with E-state index in [1.807, 2.05) is 13.2 Å². The Morgan fingerprint density at radius 3 is 2.67 bits per heavy atom. The molecule has 1 spiro atoms. The van der Waals surface area contributed by atoms with Crippen molar-refractivity contribution in [2.24, 2.45) is 5.41 Å². The zero-order valence-corrected chi connectivity index (χ0v) is 15.4. The van der Waals surface area contributed by atoms with Gasteiger partial charge in [0.15, 0.2) is 0 Å². The van der Waals surface area contributed by atoms with Crippen molar-refractivity contribution in [3.05, 3.63) is 35.9 Å². The van der Waals surface area contributed by atoms with Gasteiger partial charge < -0.3 is 9.64 Å². The number of hydrogen-bond acceptors (Lipinski definition) is 2. The zero-order chi connectivity index (χ0) is 17.2. The number of carbonyl (C=O) groups excluding carboxylic acids is 1. The van der Waals surface area contributed by atoms with Crippen molar-refractivity contribution in [2.75, 3.05) is 20.2 Å². The smallest absolute Gasteiger partial charge is 0.223 e. The summed E-state index contributed by atoms with van der Waals surface area (Å²) in [4.78, 5) is 15.1. The van der Waals surface area contributed by atoms with Gasteiger partial charge in [0.05, 0.1) is 6.10 Å². The zero-order valence-electron chi connectivity index (χ0n) is 15.4. The molecule has 0 radical (unpaired) electrons. The molecule has 1 saturated carbocycles. The first-order chi connectivity index (χ1) is 11.5. The lowest BCUT2D eigenvalue weighted by Gasteiger charge is -2.44. The minimum atomic E-state index is -0.126. The Morgan fingerprint density at radius 2 is 1.96 bits per heavy atom. The van der Waals surface area contributed by atoms with E-state index in [4.69, 9.17) is 4.74 Å². The van der Waals surface area contributed by atoms with Crippen molar-refractivity contribution in [1.29, 1.82) is 0 Å². The largest absolute Gasteiger partial charge is 0.381 e. The fraction of sp³-hybridized carbons (Fsp3) is 0.667. The summed E-state index contributed by atoms with van der Waals surface area (Å²) in [5, 5.41) is 0. The van der Waals surface area contributed by atoms with E-state index in [0.29, 0.717) is 18.4 Å². The lowest BCUT2D eigenvalue weighted by atomic mass is 9.75. The maximum Gasteiger partial charge on any atom is 0.223 e. The average molecular weight is 329 g/mol. The number of amides is 1. The molecule has 0 aromatic heterocycles. The summed E-state index contributed by atoms with van der Waals surface area (Å²) >= 11 is 0. The van der Waals surface area contributed by atoms with Crippen LogP contribution >= 0.6 is 0 Å². The topological polar surface area (TPSA) is 29.5 Å². The summed E-state index contributed by atoms with van der Waals surface area (Å²) in [6.45, 7) is 6.14. The molecule has 1 aliphatic heterocycles. The maximum absolute atomic E-state index is 13.0. The van der Waals surface area contributed by atoms with E-state index >= 15 is 0 Å². The highest BCUT2D eigenvalue weighted by atomic mass is 16.5. The number of piperidine rings is 1. The molecular formula is C21H31NO2. The van der Waals surface area contributed by atoms with Gasteiger partial charge in [-0.1, -0.05) is 50.6 Å². The van der Waals surface area contributed by atoms with Crippen molar-refractivity contribution in [3.8, 4) is 0 Å². The van der Waals surface area contributed by atoms with Crippen molar-refractivity contribution in [3.63, 3.8) is 0 Å². The highest BCUT2D eigenvalue weighted by Gasteiger charge is 2.46. The van der Waals surface area contributed by atoms with Crippen molar-refractivity contribution >= 4 is 5.91 Å². The van der Waals surface area contributed by atoms with Gasteiger partial charge in [-0.25, -0.2) is 0 Å². The molecule has 1 aliphatic carbocycles. The summed E-state index contributed by atoms with van der Waals surface area (Å²) in [7, 11) is 1.83. The van der Waals surface area contributed by atoms with Crippen LogP contribution in [-0.4, -0.2) is 37.1 Å². The van der Waals surface area contributed by atoms with Gasteiger partial charge in [-0.15, -0.1) is 0 Å². The second kappa shape index (κ2) is 6.87. The molecule has 0 unspecified atom stereocenters. The van der Waals surface area contributed by atoms with Crippen LogP contribution in [0.2, 0.25) is 0 Å². The van der Waals surface area contributed by atoms with E-state index < -0.39 is 0 Å². The summed E-state index contributed by atoms with van der Waals surface area (Å²) in [6.07, 6.45) is 6.80. The SMILES string of the molecule is CO[C@@H]1CCC[C@]12CCCN(C(=O)CC(C)(C)c1ccccc1)C2. The van der Waals surface area contributed by atoms with Crippen molar-refractivity contribution in [2.45, 2.75) is 63.9 Å². The second-order valence-electron chi connectivity index (χ2n) is 8.32. The Labute approximate surface area is 146 Å². The Balaban J connectivity index is 1.69. The fourth-order valence-corrected chi connectivity index (χ4v) is 4.80. The van der Waals surface area contributed by atoms with Crippen LogP contribution in [0.1, 0.15) is 57.9 Å². The van der Waals surface area contributed by atoms with Gasteiger partial charge in [0, 0.05) is 32.0 Å². The van der Waals surface area contributed by atoms with Gasteiger partial charge in [0.1, 0.15) is 0 Å². The van der Waals surface area contributed by atoms with Crippen LogP contribution in [0.5, 0.6) is 0 Å². The van der Waals surface area contributed by atoms with Gasteiger partial charge in [-0.3, -0.25) is 4.79 Å². The van der Waals surface area contributed by atoms with Crippen LogP contribution in [-0.2, 0) is 14.9 Å². The molecule has 3 heteroatoms. The minimum Gasteiger partial charge on any atom is -0.381 e. The van der Waals surface area contributed by atoms with Gasteiger partial charge in [0.25, 0.3) is 0 Å². The standard InChI is InChI=1S/C21H31NO2/c1-20(2,17-9-5-4-6-10-17)15-19(23)22-14-8-13-21(16-22)12-7-11-18(21)24-3/h4-6,9-10,18H,7-8,11-16H2,1-3H3/t18-,21-/m1/s1. The van der Waals surface area contributed by atoms with E-state index in [1.165, 1.54) is 24.8 Å². The molecule has 0 bridgehead atoms. The number of rotatable bonds is 4. The van der Waals surface area contributed by atoms with Crippen LogP contribution in [0.25, 0.3) is 0 Å². The van der Waals surface area contributed by atoms with Crippen molar-refractivity contribution in [1.82, 2.24) is 4.90 Å². The third kappa shape index (κ3) is 3.37. The molecule has 0 N–H and O–H groups in total. The summed E-state index contributed by atoms with van der Waals surface area (Å²) in [5.74, 6) is 0.296. The lowest BCUT2D eigenvalue weighted by Crippen LogP contribution is -2.50. The van der Waals surface area contributed by atoms with Crippen LogP contribution in [0.15, 0.2) is 30.3 Å². The maximum atomic E-state index is 13.0. The summed E-state index contributed by atoms with van der Waals surface area (Å²) in [5.41, 5.74) is 1.32. The molecule has 24 heavy (non-hydrogen) atoms. The number of methoxy groups -OCH3 is 1. The summed E-state index contributed by atoms with van der Waals surface area (Å²) < 4.78 is 5.76. The highest BCUT2D eigenvalue weighted by molar-refractivity contribution is 5.78. The van der Waals surface area contributed by atoms with E-state index in [2.05, 4.69) is 43.0 Å². The van der Waals surface area contributed by atoms with Gasteiger partial charge in [-0.05, 0) is 36.7 Å². The number of ether oxygens (including phenoxy) is 1. The Bertz CT molecular complexity index is 568. The molecule has 1 saturated heterocycles. The molecule has 1 aromatic rings. The molecular weight excluding hydrogens is 298 g/mol. The van der Waals surface area contributed by atoms with Crippen LogP contribution in [0.4, 0.5) is 0 Å². The first-order valence-electron chi connectivity index (χ1n) is 9.33. The normalized spacial score (nSPS) is 27.6. The molecule has 132 valence electrons. The van der Waals surface area contributed by atoms with Crippen molar-refractivity contribution < 1.29 is 9.53 Å². The predicted molar refractivity (Wildman–Crippen MR) is 97.0 cm³/mol. The molecule has 1 heterocycles. The molecule has 1 amide bonds. The first kappa shape index (κ1) is 17.5. The number of carbonyl (C=O) groups is 1. The van der Waals surface area contributed by atoms with Crippen LogP contribution < -0.4 is 0 Å². The van der Waals surface area contributed by atoms with E-state index in [1.54, 1.807) is 0 Å². The Kier molecular flexibility index (Phi) is 5.00. The Morgan fingerprint density at radius 1 is 1.25 bits per heavy atom. The highest BCUT2D eigenvalue weighted by Crippen LogP contribution is 2.46. The number of likely N-dealkylation sites (tertiary alicyclic amines) is 1. The van der Waals surface area contributed by atoms with E-state index in [-0.39, 0.29) is 10.8 Å². The average Bonchev–Trinajstić information content (AvgIpc) is 2.97. The third-order valence-electron chi connectivity index (χ3n) is 6.22. The molecule has 2 aliphatic rings. The number of nitrogens with zero attached hydrogens (tertiary/aromatic N) is 1. The van der Waals surface area contributed by atoms with E-state index in [9.17, 15) is 4.79 Å². The van der Waals surface area contributed by atoms with Crippen LogP contribution in [0, 0.1) is 5.41 Å². The number of benzene rings is 1. The van der Waals surface area contributed by atoms with Gasteiger partial charge in [-0.2, -0.15) is 0 Å². The fourth-order valence-electron chi connectivity index (χ4n) is 4.80. The molecule has 1 aromatic carbocycles. The first-order valence-corrected chi connectivity index (χ1v) is 9.33. The minimum absolute atomic E-state index is 0.126. The lowest BCUT2D eigenvalue weighted by molar-refractivity contribution is -0.138. The summed E-state index contributed by atoms with van der Waals surface area (Å²) in [6, 6.07) is 10.4. The van der Waals surface area contributed by atoms with Gasteiger partial charge >= 0.3 is 0 Å².